The van der Waals surface area contributed by atoms with E-state index in [1.165, 1.54) is 32.2 Å². The van der Waals surface area contributed by atoms with Crippen LogP contribution in [0.15, 0.2) is 53.5 Å². The molecule has 2 aromatic heterocycles. The number of benzene rings is 1. The molecule has 7 N–H and O–H groups in total. The molecule has 0 aliphatic heterocycles. The lowest BCUT2D eigenvalue weighted by Crippen LogP contribution is -2.52. The number of fused-ring (bicyclic) bond motifs is 1. The number of pyridine rings is 1. The Labute approximate surface area is 215 Å². The molecule has 2 heterocycles. The minimum Gasteiger partial charge on any atom is -0.480 e. The summed E-state index contributed by atoms with van der Waals surface area (Å²) in [6, 6.07) is 10.00. The number of guanidine groups is 1. The molecule has 0 saturated carbocycles. The van der Waals surface area contributed by atoms with E-state index in [1.807, 2.05) is 0 Å². The van der Waals surface area contributed by atoms with E-state index in [4.69, 9.17) is 15.9 Å². The highest BCUT2D eigenvalue weighted by molar-refractivity contribution is 5.98. The number of hydrogen-bond donors (Lipinski definition) is 6. The van der Waals surface area contributed by atoms with Gasteiger partial charge in [-0.2, -0.15) is 4.68 Å². The minimum atomic E-state index is -1.52. The summed E-state index contributed by atoms with van der Waals surface area (Å²) in [6.07, 6.45) is 0.194. The van der Waals surface area contributed by atoms with Crippen LogP contribution in [0.4, 0.5) is 4.79 Å². The van der Waals surface area contributed by atoms with Gasteiger partial charge in [0.05, 0.1) is 5.56 Å². The average Bonchev–Trinajstić information content (AvgIpc) is 3.21. The van der Waals surface area contributed by atoms with E-state index in [2.05, 4.69) is 21.0 Å². The fraction of sp³-hybridized carbons (Fsp3) is 0.261. The number of nitrogens with zero attached hydrogens (tertiary/aromatic N) is 3. The maximum atomic E-state index is 12.9. The van der Waals surface area contributed by atoms with Gasteiger partial charge in [0.2, 0.25) is 0 Å². The number of aliphatic carboxylic acids is 1. The zero-order valence-electron chi connectivity index (χ0n) is 20.4. The number of alkyl carbamates (subject to hydrolysis) is 1. The maximum absolute atomic E-state index is 12.9. The average molecular weight is 527 g/mol. The number of hydrogen-bond acceptors (Lipinski definition) is 8. The van der Waals surface area contributed by atoms with Crippen LogP contribution in [0.1, 0.15) is 29.8 Å². The first kappa shape index (κ1) is 27.4. The van der Waals surface area contributed by atoms with Crippen LogP contribution in [-0.4, -0.2) is 61.7 Å². The van der Waals surface area contributed by atoms with Crippen molar-refractivity contribution in [2.75, 3.05) is 6.54 Å². The van der Waals surface area contributed by atoms with Crippen LogP contribution in [0, 0.1) is 5.41 Å². The molecule has 0 aliphatic carbocycles. The van der Waals surface area contributed by atoms with Crippen LogP contribution >= 0.6 is 0 Å². The van der Waals surface area contributed by atoms with E-state index in [1.54, 1.807) is 30.3 Å². The molecular formula is C23H26N8O7. The quantitative estimate of drug-likeness (QED) is 0.154. The summed E-state index contributed by atoms with van der Waals surface area (Å²) in [4.78, 5) is 61.5. The Balaban J connectivity index is 1.68. The van der Waals surface area contributed by atoms with Gasteiger partial charge in [0, 0.05) is 12.7 Å². The predicted octanol–water partition coefficient (Wildman–Crippen LogP) is -0.650. The standard InChI is InChI=1S/C23H26N8O7/c1-23(2,19(35)28-20(24)25)31-22(37)30-11-14(8-9-16(30)29-31)17(32)26-10-15(18(33)34)27-21(36)38-12-13-6-4-3-5-7-13/h3-9,11,15H,10,12H2,1-2H3,(H,26,32)(H,27,36)(H,33,34)(H4,24,25,28,35). The lowest BCUT2D eigenvalue weighted by molar-refractivity contribution is -0.139. The third-order valence-electron chi connectivity index (χ3n) is 5.38. The number of nitrogens with one attached hydrogen (secondary N) is 4. The molecular weight excluding hydrogens is 500 g/mol. The summed E-state index contributed by atoms with van der Waals surface area (Å²) in [5.74, 6) is -3.48. The highest BCUT2D eigenvalue weighted by Crippen LogP contribution is 2.13. The van der Waals surface area contributed by atoms with Crippen molar-refractivity contribution in [2.24, 2.45) is 5.73 Å². The van der Waals surface area contributed by atoms with Crippen molar-refractivity contribution in [3.63, 3.8) is 0 Å². The number of aromatic nitrogens is 3. The fourth-order valence-corrected chi connectivity index (χ4v) is 3.25. The highest BCUT2D eigenvalue weighted by atomic mass is 16.5. The summed E-state index contributed by atoms with van der Waals surface area (Å²) in [7, 11) is 0. The van der Waals surface area contributed by atoms with Gasteiger partial charge in [0.15, 0.2) is 11.6 Å². The Hall–Kier alpha value is -5.21. The fourth-order valence-electron chi connectivity index (χ4n) is 3.25. The second-order valence-electron chi connectivity index (χ2n) is 8.57. The third-order valence-corrected chi connectivity index (χ3v) is 5.38. The van der Waals surface area contributed by atoms with E-state index in [0.29, 0.717) is 5.56 Å². The topological polar surface area (TPSA) is 223 Å². The third kappa shape index (κ3) is 6.31. The van der Waals surface area contributed by atoms with Crippen LogP contribution in [0.2, 0.25) is 0 Å². The van der Waals surface area contributed by atoms with E-state index in [0.717, 1.165) is 9.08 Å². The molecule has 0 spiro atoms. The molecule has 0 saturated heterocycles. The molecule has 1 unspecified atom stereocenters. The molecule has 0 fully saturated rings. The van der Waals surface area contributed by atoms with Crippen molar-refractivity contribution < 1.29 is 29.0 Å². The van der Waals surface area contributed by atoms with E-state index in [9.17, 15) is 29.1 Å². The zero-order chi connectivity index (χ0) is 28.0. The molecule has 38 heavy (non-hydrogen) atoms. The molecule has 1 aromatic carbocycles. The summed E-state index contributed by atoms with van der Waals surface area (Å²) >= 11 is 0. The Morgan fingerprint density at radius 2 is 1.84 bits per heavy atom. The molecule has 15 heteroatoms. The number of nitrogens with two attached hydrogens (primary N) is 1. The summed E-state index contributed by atoms with van der Waals surface area (Å²) in [5, 5.41) is 27.4. The van der Waals surface area contributed by atoms with Gasteiger partial charge < -0.3 is 26.2 Å². The minimum absolute atomic E-state index is 0.0130. The van der Waals surface area contributed by atoms with Crippen molar-refractivity contribution in [2.45, 2.75) is 32.0 Å². The Morgan fingerprint density at radius 1 is 1.16 bits per heavy atom. The van der Waals surface area contributed by atoms with Gasteiger partial charge in [0.1, 0.15) is 18.2 Å². The van der Waals surface area contributed by atoms with Crippen LogP contribution in [-0.2, 0) is 26.5 Å². The van der Waals surface area contributed by atoms with Gasteiger partial charge in [-0.15, -0.1) is 5.10 Å². The molecule has 0 bridgehead atoms. The number of carboxylic acids is 1. The first-order chi connectivity index (χ1) is 17.9. The van der Waals surface area contributed by atoms with Gasteiger partial charge in [-0.05, 0) is 31.5 Å². The van der Waals surface area contributed by atoms with Crippen molar-refractivity contribution in [3.05, 3.63) is 70.3 Å². The summed E-state index contributed by atoms with van der Waals surface area (Å²) in [5.41, 5.74) is 3.75. The second kappa shape index (κ2) is 11.2. The van der Waals surface area contributed by atoms with Crippen molar-refractivity contribution in [1.82, 2.24) is 30.1 Å². The summed E-state index contributed by atoms with van der Waals surface area (Å²) in [6.45, 7) is 2.26. The number of carbonyl (C=O) groups excluding carboxylic acids is 3. The Bertz CT molecular complexity index is 1440. The van der Waals surface area contributed by atoms with Gasteiger partial charge in [0.25, 0.3) is 11.8 Å². The van der Waals surface area contributed by atoms with Gasteiger partial charge >= 0.3 is 17.8 Å². The van der Waals surface area contributed by atoms with Crippen molar-refractivity contribution in [3.8, 4) is 0 Å². The molecule has 3 rings (SSSR count). The monoisotopic (exact) mass is 526 g/mol. The first-order valence-corrected chi connectivity index (χ1v) is 11.2. The number of carbonyl (C=O) groups is 4. The molecule has 200 valence electrons. The normalized spacial score (nSPS) is 11.8. The Morgan fingerprint density at radius 3 is 2.47 bits per heavy atom. The lowest BCUT2D eigenvalue weighted by atomic mass is 10.1. The van der Waals surface area contributed by atoms with E-state index >= 15 is 0 Å². The van der Waals surface area contributed by atoms with Gasteiger partial charge in [-0.1, -0.05) is 30.3 Å². The zero-order valence-corrected chi connectivity index (χ0v) is 20.4. The van der Waals surface area contributed by atoms with Gasteiger partial charge in [-0.25, -0.2) is 18.8 Å². The Kier molecular flexibility index (Phi) is 8.10. The van der Waals surface area contributed by atoms with Crippen molar-refractivity contribution in [1.29, 1.82) is 5.41 Å². The van der Waals surface area contributed by atoms with Crippen LogP contribution < -0.4 is 27.4 Å². The smallest absolute Gasteiger partial charge is 0.408 e. The molecule has 3 aromatic rings. The number of carboxylic acid groups (broad SMARTS) is 1. The molecule has 1 atom stereocenters. The predicted molar refractivity (Wildman–Crippen MR) is 132 cm³/mol. The van der Waals surface area contributed by atoms with Gasteiger partial charge in [-0.3, -0.25) is 20.3 Å². The highest BCUT2D eigenvalue weighted by Gasteiger charge is 2.34. The SMILES string of the molecule is CC(C)(C(=O)NC(=N)N)n1nc2ccc(C(=O)NCC(NC(=O)OCc3ccccc3)C(=O)O)cn2c1=O. The molecule has 0 aliphatic rings. The van der Waals surface area contributed by atoms with E-state index < -0.39 is 53.7 Å². The summed E-state index contributed by atoms with van der Waals surface area (Å²) < 4.78 is 6.92. The largest absolute Gasteiger partial charge is 0.480 e. The van der Waals surface area contributed by atoms with Crippen LogP contribution in [0.5, 0.6) is 0 Å². The van der Waals surface area contributed by atoms with Crippen LogP contribution in [0.25, 0.3) is 5.65 Å². The van der Waals surface area contributed by atoms with E-state index in [-0.39, 0.29) is 17.8 Å². The number of amides is 3. The lowest BCUT2D eigenvalue weighted by Gasteiger charge is -2.22. The van der Waals surface area contributed by atoms with Crippen LogP contribution in [0.3, 0.4) is 0 Å². The number of ether oxygens (including phenoxy) is 1. The molecule has 15 nitrogen and oxygen atoms in total. The maximum Gasteiger partial charge on any atom is 0.408 e. The first-order valence-electron chi connectivity index (χ1n) is 11.2. The molecule has 0 radical (unpaired) electrons. The number of rotatable bonds is 9. The van der Waals surface area contributed by atoms with Crippen molar-refractivity contribution >= 4 is 35.5 Å². The second-order valence-corrected chi connectivity index (χ2v) is 8.57. The molecule has 3 amide bonds.